The molecule has 220 valence electrons. The molecule has 0 aliphatic heterocycles. The molecule has 9 heteroatoms. The van der Waals surface area contributed by atoms with E-state index in [0.717, 1.165) is 28.5 Å². The Morgan fingerprint density at radius 1 is 0.767 bits per heavy atom. The van der Waals surface area contributed by atoms with Crippen LogP contribution in [0.25, 0.3) is 0 Å². The molecule has 5 aromatic rings. The number of carbonyl (C=O) groups is 1. The molecule has 4 aromatic carbocycles. The second-order valence-corrected chi connectivity index (χ2v) is 11.0. The third-order valence-corrected chi connectivity index (χ3v) is 7.51. The standard InChI is InChI=1S/C34H30F3N3O2S/c35-34(36,37)29-13-7-12-28(18-29)21-40(20-26-14-16-30(17-15-26)42-23-27-10-5-2-6-11-27)22-32-39-31(24-43-32)33(41)38-19-25-8-3-1-4-9-25/h1-18,24H,19-23H2,(H,38,41). The maximum atomic E-state index is 13.4. The molecule has 0 unspecified atom stereocenters. The van der Waals surface area contributed by atoms with Gasteiger partial charge >= 0.3 is 6.18 Å². The van der Waals surface area contributed by atoms with E-state index in [1.54, 1.807) is 11.4 Å². The van der Waals surface area contributed by atoms with Gasteiger partial charge in [-0.3, -0.25) is 9.69 Å². The topological polar surface area (TPSA) is 54.5 Å². The van der Waals surface area contributed by atoms with Crippen molar-refractivity contribution in [2.75, 3.05) is 0 Å². The summed E-state index contributed by atoms with van der Waals surface area (Å²) in [6.07, 6.45) is -4.42. The first-order valence-electron chi connectivity index (χ1n) is 13.7. The van der Waals surface area contributed by atoms with Crippen LogP contribution < -0.4 is 10.1 Å². The van der Waals surface area contributed by atoms with Gasteiger partial charge in [-0.05, 0) is 40.5 Å². The van der Waals surface area contributed by atoms with Crippen LogP contribution in [-0.2, 0) is 39.0 Å². The number of ether oxygens (including phenoxy) is 1. The third kappa shape index (κ3) is 9.01. The van der Waals surface area contributed by atoms with Crippen molar-refractivity contribution in [1.82, 2.24) is 15.2 Å². The van der Waals surface area contributed by atoms with Gasteiger partial charge in [-0.1, -0.05) is 91.0 Å². The second-order valence-electron chi connectivity index (χ2n) is 10.1. The Bertz CT molecular complexity index is 1610. The summed E-state index contributed by atoms with van der Waals surface area (Å²) in [5.74, 6) is 0.449. The number of halogens is 3. The maximum absolute atomic E-state index is 13.4. The van der Waals surface area contributed by atoms with E-state index in [0.29, 0.717) is 42.5 Å². The van der Waals surface area contributed by atoms with Crippen molar-refractivity contribution in [3.05, 3.63) is 153 Å². The summed E-state index contributed by atoms with van der Waals surface area (Å²) < 4.78 is 46.1. The zero-order valence-corrected chi connectivity index (χ0v) is 24.1. The van der Waals surface area contributed by atoms with Crippen LogP contribution in [0.5, 0.6) is 5.75 Å². The molecule has 1 heterocycles. The summed E-state index contributed by atoms with van der Waals surface area (Å²) in [7, 11) is 0. The molecule has 0 bridgehead atoms. The number of alkyl halides is 3. The van der Waals surface area contributed by atoms with E-state index in [-0.39, 0.29) is 12.5 Å². The Morgan fingerprint density at radius 2 is 1.42 bits per heavy atom. The first kappa shape index (κ1) is 30.0. The van der Waals surface area contributed by atoms with Gasteiger partial charge < -0.3 is 10.1 Å². The van der Waals surface area contributed by atoms with Crippen molar-refractivity contribution in [3.63, 3.8) is 0 Å². The number of amides is 1. The number of carbonyl (C=O) groups excluding carboxylic acids is 1. The number of benzene rings is 4. The molecule has 0 spiro atoms. The quantitative estimate of drug-likeness (QED) is 0.158. The van der Waals surface area contributed by atoms with E-state index in [1.165, 1.54) is 23.5 Å². The summed E-state index contributed by atoms with van der Waals surface area (Å²) in [6.45, 7) is 1.93. The highest BCUT2D eigenvalue weighted by molar-refractivity contribution is 7.09. The fourth-order valence-corrected chi connectivity index (χ4v) is 5.33. The molecular weight excluding hydrogens is 571 g/mol. The smallest absolute Gasteiger partial charge is 0.416 e. The van der Waals surface area contributed by atoms with Crippen LogP contribution in [0.15, 0.2) is 115 Å². The number of hydrogen-bond acceptors (Lipinski definition) is 5. The Hall–Kier alpha value is -4.47. The second kappa shape index (κ2) is 14.1. The molecule has 43 heavy (non-hydrogen) atoms. The van der Waals surface area contributed by atoms with Gasteiger partial charge in [-0.2, -0.15) is 13.2 Å². The molecule has 0 atom stereocenters. The minimum atomic E-state index is -4.42. The summed E-state index contributed by atoms with van der Waals surface area (Å²) in [5.41, 5.74) is 3.18. The number of hydrogen-bond donors (Lipinski definition) is 1. The fourth-order valence-electron chi connectivity index (χ4n) is 4.51. The van der Waals surface area contributed by atoms with E-state index in [1.807, 2.05) is 89.8 Å². The average molecular weight is 602 g/mol. The Kier molecular flexibility index (Phi) is 9.86. The molecule has 1 N–H and O–H groups in total. The van der Waals surface area contributed by atoms with Gasteiger partial charge in [0.2, 0.25) is 0 Å². The molecule has 0 aliphatic carbocycles. The lowest BCUT2D eigenvalue weighted by Crippen LogP contribution is -2.24. The summed E-state index contributed by atoms with van der Waals surface area (Å²) in [4.78, 5) is 19.3. The maximum Gasteiger partial charge on any atom is 0.416 e. The number of nitrogens with zero attached hydrogens (tertiary/aromatic N) is 2. The lowest BCUT2D eigenvalue weighted by Gasteiger charge is -2.22. The van der Waals surface area contributed by atoms with E-state index in [9.17, 15) is 18.0 Å². The van der Waals surface area contributed by atoms with E-state index >= 15 is 0 Å². The van der Waals surface area contributed by atoms with E-state index in [4.69, 9.17) is 4.74 Å². The van der Waals surface area contributed by atoms with Crippen molar-refractivity contribution in [3.8, 4) is 5.75 Å². The number of nitrogens with one attached hydrogen (secondary N) is 1. The van der Waals surface area contributed by atoms with Crippen molar-refractivity contribution in [2.45, 2.75) is 39.0 Å². The van der Waals surface area contributed by atoms with Gasteiger partial charge in [0, 0.05) is 25.0 Å². The number of thiazole rings is 1. The molecule has 0 radical (unpaired) electrons. The predicted molar refractivity (Wildman–Crippen MR) is 161 cm³/mol. The van der Waals surface area contributed by atoms with Crippen molar-refractivity contribution in [2.24, 2.45) is 0 Å². The normalized spacial score (nSPS) is 11.4. The van der Waals surface area contributed by atoms with Gasteiger partial charge in [0.25, 0.3) is 5.91 Å². The lowest BCUT2D eigenvalue weighted by atomic mass is 10.1. The zero-order valence-electron chi connectivity index (χ0n) is 23.3. The summed E-state index contributed by atoms with van der Waals surface area (Å²) in [6, 6.07) is 32.5. The molecule has 5 nitrogen and oxygen atoms in total. The predicted octanol–water partition coefficient (Wildman–Crippen LogP) is 7.87. The Balaban J connectivity index is 1.27. The van der Waals surface area contributed by atoms with Crippen molar-refractivity contribution >= 4 is 17.2 Å². The van der Waals surface area contributed by atoms with E-state index < -0.39 is 11.7 Å². The summed E-state index contributed by atoms with van der Waals surface area (Å²) >= 11 is 1.35. The summed E-state index contributed by atoms with van der Waals surface area (Å²) in [5, 5.41) is 5.28. The molecule has 1 amide bonds. The molecule has 0 aliphatic rings. The zero-order chi connectivity index (χ0) is 30.1. The molecule has 5 rings (SSSR count). The van der Waals surface area contributed by atoms with Crippen LogP contribution in [-0.4, -0.2) is 15.8 Å². The first-order chi connectivity index (χ1) is 20.8. The largest absolute Gasteiger partial charge is 0.489 e. The highest BCUT2D eigenvalue weighted by Crippen LogP contribution is 2.30. The number of rotatable bonds is 12. The van der Waals surface area contributed by atoms with Gasteiger partial charge in [0.15, 0.2) is 0 Å². The van der Waals surface area contributed by atoms with Crippen LogP contribution in [0.4, 0.5) is 13.2 Å². The Labute approximate surface area is 252 Å². The van der Waals surface area contributed by atoms with Crippen LogP contribution in [0.1, 0.15) is 43.3 Å². The fraction of sp³-hybridized carbons (Fsp3) is 0.176. The van der Waals surface area contributed by atoms with Crippen molar-refractivity contribution < 1.29 is 22.7 Å². The van der Waals surface area contributed by atoms with Gasteiger partial charge in [0.05, 0.1) is 12.1 Å². The lowest BCUT2D eigenvalue weighted by molar-refractivity contribution is -0.137. The SMILES string of the molecule is O=C(NCc1ccccc1)c1csc(CN(Cc2ccc(OCc3ccccc3)cc2)Cc2cccc(C(F)(F)F)c2)n1. The average Bonchev–Trinajstić information content (AvgIpc) is 3.49. The molecular formula is C34H30F3N3O2S. The van der Waals surface area contributed by atoms with Gasteiger partial charge in [-0.15, -0.1) is 11.3 Å². The van der Waals surface area contributed by atoms with Gasteiger partial charge in [0.1, 0.15) is 23.1 Å². The minimum Gasteiger partial charge on any atom is -0.489 e. The van der Waals surface area contributed by atoms with Crippen LogP contribution >= 0.6 is 11.3 Å². The number of aromatic nitrogens is 1. The molecule has 1 aromatic heterocycles. The van der Waals surface area contributed by atoms with E-state index in [2.05, 4.69) is 10.3 Å². The minimum absolute atomic E-state index is 0.269. The van der Waals surface area contributed by atoms with Gasteiger partial charge in [-0.25, -0.2) is 4.98 Å². The van der Waals surface area contributed by atoms with Crippen LogP contribution in [0.3, 0.4) is 0 Å². The van der Waals surface area contributed by atoms with Crippen LogP contribution in [0, 0.1) is 0 Å². The highest BCUT2D eigenvalue weighted by Gasteiger charge is 2.30. The van der Waals surface area contributed by atoms with Crippen molar-refractivity contribution in [1.29, 1.82) is 0 Å². The molecule has 0 saturated heterocycles. The monoisotopic (exact) mass is 601 g/mol. The third-order valence-electron chi connectivity index (χ3n) is 6.68. The van der Waals surface area contributed by atoms with Crippen LogP contribution in [0.2, 0.25) is 0 Å². The first-order valence-corrected chi connectivity index (χ1v) is 14.6. The highest BCUT2D eigenvalue weighted by atomic mass is 32.1. The molecule has 0 fully saturated rings. The molecule has 0 saturated carbocycles. The Morgan fingerprint density at radius 3 is 2.12 bits per heavy atom.